The molecular formula is C20H24N2O2. The topological polar surface area (TPSA) is 49.4 Å². The fourth-order valence-electron chi connectivity index (χ4n) is 2.45. The lowest BCUT2D eigenvalue weighted by Gasteiger charge is -2.20. The lowest BCUT2D eigenvalue weighted by molar-refractivity contribution is -0.132. The van der Waals surface area contributed by atoms with Gasteiger partial charge in [-0.3, -0.25) is 9.59 Å². The lowest BCUT2D eigenvalue weighted by Crippen LogP contribution is -2.38. The Morgan fingerprint density at radius 1 is 1.00 bits per heavy atom. The molecule has 2 aromatic carbocycles. The fourth-order valence-corrected chi connectivity index (χ4v) is 2.45. The van der Waals surface area contributed by atoms with E-state index in [-0.39, 0.29) is 18.4 Å². The molecule has 0 atom stereocenters. The van der Waals surface area contributed by atoms with E-state index in [0.717, 1.165) is 23.2 Å². The van der Waals surface area contributed by atoms with Crippen LogP contribution in [0.1, 0.15) is 23.6 Å². The molecule has 0 saturated heterocycles. The number of carbonyl (C=O) groups excluding carboxylic acids is 2. The van der Waals surface area contributed by atoms with Gasteiger partial charge in [0.2, 0.25) is 11.8 Å². The van der Waals surface area contributed by atoms with Crippen LogP contribution in [-0.2, 0) is 16.0 Å². The maximum absolute atomic E-state index is 12.2. The van der Waals surface area contributed by atoms with E-state index in [1.54, 1.807) is 4.90 Å². The highest BCUT2D eigenvalue weighted by Crippen LogP contribution is 2.14. The summed E-state index contributed by atoms with van der Waals surface area (Å²) >= 11 is 0. The van der Waals surface area contributed by atoms with Crippen LogP contribution in [0.25, 0.3) is 0 Å². The van der Waals surface area contributed by atoms with Crippen LogP contribution >= 0.6 is 0 Å². The maximum Gasteiger partial charge on any atom is 0.243 e. The Morgan fingerprint density at radius 2 is 1.71 bits per heavy atom. The van der Waals surface area contributed by atoms with Gasteiger partial charge in [-0.25, -0.2) is 0 Å². The van der Waals surface area contributed by atoms with E-state index < -0.39 is 0 Å². The minimum absolute atomic E-state index is 0.0646. The zero-order valence-corrected chi connectivity index (χ0v) is 14.5. The van der Waals surface area contributed by atoms with Crippen molar-refractivity contribution in [2.45, 2.75) is 27.2 Å². The molecule has 0 aliphatic carbocycles. The summed E-state index contributed by atoms with van der Waals surface area (Å²) in [5, 5.41) is 2.86. The van der Waals surface area contributed by atoms with Gasteiger partial charge in [0.1, 0.15) is 0 Å². The molecule has 0 aliphatic heterocycles. The highest BCUT2D eigenvalue weighted by atomic mass is 16.2. The molecule has 0 unspecified atom stereocenters. The van der Waals surface area contributed by atoms with Crippen molar-refractivity contribution in [2.24, 2.45) is 0 Å². The van der Waals surface area contributed by atoms with Crippen molar-refractivity contribution in [3.8, 4) is 0 Å². The van der Waals surface area contributed by atoms with Gasteiger partial charge in [-0.15, -0.1) is 0 Å². The van der Waals surface area contributed by atoms with Crippen molar-refractivity contribution in [1.82, 2.24) is 4.90 Å². The molecule has 4 nitrogen and oxygen atoms in total. The largest absolute Gasteiger partial charge is 0.333 e. The molecular weight excluding hydrogens is 300 g/mol. The van der Waals surface area contributed by atoms with Crippen molar-refractivity contribution >= 4 is 17.5 Å². The standard InChI is InChI=1S/C20H24N2O2/c1-15-9-10-19(13-16(15)2)21-20(24)14-22(17(3)23)12-11-18-7-5-4-6-8-18/h4-10,13H,11-12,14H2,1-3H3,(H,21,24). The molecule has 0 bridgehead atoms. The van der Waals surface area contributed by atoms with E-state index in [1.165, 1.54) is 12.5 Å². The summed E-state index contributed by atoms with van der Waals surface area (Å²) in [6.07, 6.45) is 0.733. The number of aryl methyl sites for hydroxylation is 2. The molecule has 1 N–H and O–H groups in total. The molecule has 0 fully saturated rings. The Bertz CT molecular complexity index is 711. The third kappa shape index (κ3) is 5.23. The van der Waals surface area contributed by atoms with Crippen LogP contribution in [0.3, 0.4) is 0 Å². The van der Waals surface area contributed by atoms with Crippen LogP contribution in [0.4, 0.5) is 5.69 Å². The number of amides is 2. The van der Waals surface area contributed by atoms with Crippen LogP contribution in [-0.4, -0.2) is 29.8 Å². The summed E-state index contributed by atoms with van der Waals surface area (Å²) in [5.41, 5.74) is 4.22. The Labute approximate surface area is 143 Å². The first-order valence-corrected chi connectivity index (χ1v) is 8.12. The van der Waals surface area contributed by atoms with Gasteiger partial charge in [0.25, 0.3) is 0 Å². The zero-order valence-electron chi connectivity index (χ0n) is 14.5. The third-order valence-corrected chi connectivity index (χ3v) is 4.08. The average molecular weight is 324 g/mol. The Balaban J connectivity index is 1.92. The third-order valence-electron chi connectivity index (χ3n) is 4.08. The van der Waals surface area contributed by atoms with Crippen molar-refractivity contribution in [1.29, 1.82) is 0 Å². The van der Waals surface area contributed by atoms with Gasteiger partial charge in [-0.2, -0.15) is 0 Å². The van der Waals surface area contributed by atoms with Gasteiger partial charge < -0.3 is 10.2 Å². The zero-order chi connectivity index (χ0) is 17.5. The normalized spacial score (nSPS) is 10.3. The number of carbonyl (C=O) groups is 2. The summed E-state index contributed by atoms with van der Waals surface area (Å²) in [5.74, 6) is -0.275. The minimum atomic E-state index is -0.179. The molecule has 0 spiro atoms. The molecule has 2 amide bonds. The molecule has 2 rings (SSSR count). The first kappa shape index (κ1) is 17.7. The fraction of sp³-hybridized carbons (Fsp3) is 0.300. The monoisotopic (exact) mass is 324 g/mol. The Morgan fingerprint density at radius 3 is 2.33 bits per heavy atom. The summed E-state index contributed by atoms with van der Waals surface area (Å²) in [7, 11) is 0. The number of hydrogen-bond acceptors (Lipinski definition) is 2. The van der Waals surface area contributed by atoms with Crippen molar-refractivity contribution in [2.75, 3.05) is 18.4 Å². The van der Waals surface area contributed by atoms with Crippen LogP contribution < -0.4 is 5.32 Å². The molecule has 0 aliphatic rings. The number of anilines is 1. The number of rotatable bonds is 6. The Kier molecular flexibility index (Phi) is 6.13. The number of benzene rings is 2. The second kappa shape index (κ2) is 8.29. The van der Waals surface area contributed by atoms with Gasteiger partial charge >= 0.3 is 0 Å². The van der Waals surface area contributed by atoms with E-state index >= 15 is 0 Å². The van der Waals surface area contributed by atoms with Crippen LogP contribution in [0.5, 0.6) is 0 Å². The SMILES string of the molecule is CC(=O)N(CCc1ccccc1)CC(=O)Nc1ccc(C)c(C)c1. The van der Waals surface area contributed by atoms with E-state index in [1.807, 2.05) is 62.4 Å². The highest BCUT2D eigenvalue weighted by molar-refractivity contribution is 5.94. The van der Waals surface area contributed by atoms with Crippen molar-refractivity contribution in [3.05, 3.63) is 65.2 Å². The molecule has 126 valence electrons. The smallest absolute Gasteiger partial charge is 0.243 e. The Hall–Kier alpha value is -2.62. The second-order valence-corrected chi connectivity index (χ2v) is 6.02. The lowest BCUT2D eigenvalue weighted by atomic mass is 10.1. The summed E-state index contributed by atoms with van der Waals surface area (Å²) in [6.45, 7) is 6.12. The van der Waals surface area contributed by atoms with E-state index in [2.05, 4.69) is 5.32 Å². The molecule has 4 heteroatoms. The molecule has 0 heterocycles. The molecule has 0 radical (unpaired) electrons. The van der Waals surface area contributed by atoms with Gasteiger partial charge in [-0.1, -0.05) is 36.4 Å². The van der Waals surface area contributed by atoms with E-state index in [4.69, 9.17) is 0 Å². The van der Waals surface area contributed by atoms with Gasteiger partial charge in [0, 0.05) is 19.2 Å². The summed E-state index contributed by atoms with van der Waals surface area (Å²) < 4.78 is 0. The second-order valence-electron chi connectivity index (χ2n) is 6.02. The number of hydrogen-bond donors (Lipinski definition) is 1. The van der Waals surface area contributed by atoms with Gasteiger partial charge in [0.15, 0.2) is 0 Å². The molecule has 2 aromatic rings. The maximum atomic E-state index is 12.2. The summed E-state index contributed by atoms with van der Waals surface area (Å²) in [4.78, 5) is 25.6. The molecule has 0 saturated carbocycles. The van der Waals surface area contributed by atoms with Crippen molar-refractivity contribution in [3.63, 3.8) is 0 Å². The summed E-state index contributed by atoms with van der Waals surface area (Å²) in [6, 6.07) is 15.7. The molecule has 24 heavy (non-hydrogen) atoms. The van der Waals surface area contributed by atoms with E-state index in [0.29, 0.717) is 6.54 Å². The minimum Gasteiger partial charge on any atom is -0.333 e. The predicted molar refractivity (Wildman–Crippen MR) is 96.9 cm³/mol. The van der Waals surface area contributed by atoms with Crippen molar-refractivity contribution < 1.29 is 9.59 Å². The molecule has 0 aromatic heterocycles. The van der Waals surface area contributed by atoms with Crippen LogP contribution in [0, 0.1) is 13.8 Å². The van der Waals surface area contributed by atoms with Crippen LogP contribution in [0.2, 0.25) is 0 Å². The van der Waals surface area contributed by atoms with E-state index in [9.17, 15) is 9.59 Å². The number of nitrogens with one attached hydrogen (secondary N) is 1. The van der Waals surface area contributed by atoms with Gasteiger partial charge in [0.05, 0.1) is 6.54 Å². The average Bonchev–Trinajstić information content (AvgIpc) is 2.55. The first-order valence-electron chi connectivity index (χ1n) is 8.12. The van der Waals surface area contributed by atoms with Crippen LogP contribution in [0.15, 0.2) is 48.5 Å². The predicted octanol–water partition coefficient (Wildman–Crippen LogP) is 3.33. The number of nitrogens with zero attached hydrogens (tertiary/aromatic N) is 1. The first-order chi connectivity index (χ1) is 11.5. The van der Waals surface area contributed by atoms with Gasteiger partial charge in [-0.05, 0) is 49.1 Å². The quantitative estimate of drug-likeness (QED) is 0.886. The highest BCUT2D eigenvalue weighted by Gasteiger charge is 2.14.